The Morgan fingerprint density at radius 1 is 1.00 bits per heavy atom. The highest BCUT2D eigenvalue weighted by atomic mass is 16.1. The van der Waals surface area contributed by atoms with Gasteiger partial charge in [-0.05, 0) is 29.7 Å². The second kappa shape index (κ2) is 5.11. The minimum atomic E-state index is -0.267. The molecular weight excluding hydrogens is 276 g/mol. The highest BCUT2D eigenvalue weighted by molar-refractivity contribution is 6.07. The summed E-state index contributed by atoms with van der Waals surface area (Å²) in [6.07, 6.45) is 0.619. The van der Waals surface area contributed by atoms with Crippen LogP contribution in [-0.4, -0.2) is 17.5 Å². The fourth-order valence-electron chi connectivity index (χ4n) is 2.84. The van der Waals surface area contributed by atoms with Gasteiger partial charge in [0.15, 0.2) is 5.78 Å². The molecule has 22 heavy (non-hydrogen) atoms. The van der Waals surface area contributed by atoms with Gasteiger partial charge < -0.3 is 11.5 Å². The summed E-state index contributed by atoms with van der Waals surface area (Å²) in [7, 11) is 0. The van der Waals surface area contributed by atoms with Crippen LogP contribution in [0.2, 0.25) is 0 Å². The summed E-state index contributed by atoms with van der Waals surface area (Å²) < 4.78 is 0. The fourth-order valence-corrected chi connectivity index (χ4v) is 2.84. The topological polar surface area (TPSA) is 117 Å². The van der Waals surface area contributed by atoms with E-state index in [-0.39, 0.29) is 23.4 Å². The maximum atomic E-state index is 12.7. The SMILES string of the molecule is N=C(N)c1cccc(C2Cc3ccc(C(=N)N)cc3C2=O)c1. The van der Waals surface area contributed by atoms with Gasteiger partial charge in [-0.3, -0.25) is 15.6 Å². The third kappa shape index (κ3) is 2.26. The maximum absolute atomic E-state index is 12.7. The number of carbonyl (C=O) groups is 1. The van der Waals surface area contributed by atoms with Gasteiger partial charge in [-0.15, -0.1) is 0 Å². The molecule has 1 aliphatic rings. The number of rotatable bonds is 3. The van der Waals surface area contributed by atoms with Crippen LogP contribution in [0.3, 0.4) is 0 Å². The summed E-state index contributed by atoms with van der Waals surface area (Å²) in [4.78, 5) is 12.7. The first-order chi connectivity index (χ1) is 10.5. The number of hydrogen-bond acceptors (Lipinski definition) is 3. The number of ketones is 1. The molecule has 110 valence electrons. The first-order valence-electron chi connectivity index (χ1n) is 6.93. The van der Waals surface area contributed by atoms with E-state index in [0.717, 1.165) is 11.1 Å². The Balaban J connectivity index is 1.99. The van der Waals surface area contributed by atoms with E-state index in [0.29, 0.717) is 23.1 Å². The summed E-state index contributed by atoms with van der Waals surface area (Å²) in [5.74, 6) is -0.295. The average molecular weight is 292 g/mol. The number of nitrogen functional groups attached to an aromatic ring is 2. The molecule has 2 aromatic rings. The quantitative estimate of drug-likeness (QED) is 0.510. The molecule has 0 saturated carbocycles. The van der Waals surface area contributed by atoms with Crippen LogP contribution in [0, 0.1) is 10.8 Å². The van der Waals surface area contributed by atoms with Crippen LogP contribution in [0.1, 0.15) is 38.5 Å². The lowest BCUT2D eigenvalue weighted by Gasteiger charge is -2.09. The lowest BCUT2D eigenvalue weighted by Crippen LogP contribution is -2.13. The van der Waals surface area contributed by atoms with Gasteiger partial charge in [0.05, 0.1) is 5.92 Å². The van der Waals surface area contributed by atoms with Crippen LogP contribution < -0.4 is 11.5 Å². The third-order valence-electron chi connectivity index (χ3n) is 4.03. The molecule has 0 bridgehead atoms. The molecule has 0 spiro atoms. The Labute approximate surface area is 128 Å². The lowest BCUT2D eigenvalue weighted by atomic mass is 9.93. The number of Topliss-reactive ketones (excluding diaryl/α,β-unsaturated/α-hetero) is 1. The van der Waals surface area contributed by atoms with E-state index in [9.17, 15) is 4.79 Å². The number of hydrogen-bond donors (Lipinski definition) is 4. The standard InChI is InChI=1S/C17H16N4O/c18-16(19)11-3-1-2-9(6-11)13-7-10-4-5-12(17(20)21)8-14(10)15(13)22/h1-6,8,13H,7H2,(H3,18,19)(H3,20,21). The zero-order valence-corrected chi connectivity index (χ0v) is 11.9. The zero-order valence-electron chi connectivity index (χ0n) is 11.9. The van der Waals surface area contributed by atoms with Crippen molar-refractivity contribution in [1.29, 1.82) is 10.8 Å². The van der Waals surface area contributed by atoms with Crippen molar-refractivity contribution in [1.82, 2.24) is 0 Å². The van der Waals surface area contributed by atoms with Gasteiger partial charge in [0.25, 0.3) is 0 Å². The second-order valence-electron chi connectivity index (χ2n) is 5.45. The van der Waals surface area contributed by atoms with Crippen LogP contribution in [0.4, 0.5) is 0 Å². The summed E-state index contributed by atoms with van der Waals surface area (Å²) in [6.45, 7) is 0. The Bertz CT molecular complexity index is 810. The minimum Gasteiger partial charge on any atom is -0.384 e. The molecule has 0 radical (unpaired) electrons. The number of fused-ring (bicyclic) bond motifs is 1. The molecule has 2 aromatic carbocycles. The van der Waals surface area contributed by atoms with Crippen LogP contribution in [0.15, 0.2) is 42.5 Å². The maximum Gasteiger partial charge on any atom is 0.170 e. The molecule has 5 nitrogen and oxygen atoms in total. The molecule has 5 heteroatoms. The highest BCUT2D eigenvalue weighted by Gasteiger charge is 2.32. The Hall–Kier alpha value is -2.95. The van der Waals surface area contributed by atoms with E-state index in [1.54, 1.807) is 24.3 Å². The molecule has 0 aliphatic heterocycles. The zero-order chi connectivity index (χ0) is 15.9. The van der Waals surface area contributed by atoms with Gasteiger partial charge in [-0.2, -0.15) is 0 Å². The minimum absolute atomic E-state index is 0.0105. The molecule has 0 aromatic heterocycles. The van der Waals surface area contributed by atoms with Gasteiger partial charge in [0, 0.05) is 16.7 Å². The lowest BCUT2D eigenvalue weighted by molar-refractivity contribution is 0.0973. The van der Waals surface area contributed by atoms with Gasteiger partial charge in [-0.25, -0.2) is 0 Å². The van der Waals surface area contributed by atoms with E-state index in [1.165, 1.54) is 0 Å². The summed E-state index contributed by atoms with van der Waals surface area (Å²) in [5, 5.41) is 15.0. The van der Waals surface area contributed by atoms with E-state index in [4.69, 9.17) is 22.3 Å². The number of nitrogens with one attached hydrogen (secondary N) is 2. The fraction of sp³-hybridized carbons (Fsp3) is 0.118. The van der Waals surface area contributed by atoms with Gasteiger partial charge in [-0.1, -0.05) is 30.3 Å². The monoisotopic (exact) mass is 292 g/mol. The van der Waals surface area contributed by atoms with Crippen LogP contribution >= 0.6 is 0 Å². The van der Waals surface area contributed by atoms with Crippen molar-refractivity contribution in [3.63, 3.8) is 0 Å². The Morgan fingerprint density at radius 3 is 2.36 bits per heavy atom. The van der Waals surface area contributed by atoms with Gasteiger partial charge >= 0.3 is 0 Å². The summed E-state index contributed by atoms with van der Waals surface area (Å²) >= 11 is 0. The normalized spacial score (nSPS) is 16.4. The van der Waals surface area contributed by atoms with Crippen LogP contribution in [0.25, 0.3) is 0 Å². The number of amidine groups is 2. The van der Waals surface area contributed by atoms with Gasteiger partial charge in [0.1, 0.15) is 11.7 Å². The predicted molar refractivity (Wildman–Crippen MR) is 85.7 cm³/mol. The van der Waals surface area contributed by atoms with Crippen molar-refractivity contribution < 1.29 is 4.79 Å². The first-order valence-corrected chi connectivity index (χ1v) is 6.93. The van der Waals surface area contributed by atoms with Crippen molar-refractivity contribution in [3.8, 4) is 0 Å². The molecule has 3 rings (SSSR count). The molecule has 6 N–H and O–H groups in total. The van der Waals surface area contributed by atoms with E-state index >= 15 is 0 Å². The number of benzene rings is 2. The second-order valence-corrected chi connectivity index (χ2v) is 5.45. The molecule has 1 aliphatic carbocycles. The molecule has 0 saturated heterocycles. The van der Waals surface area contributed by atoms with Crippen molar-refractivity contribution >= 4 is 17.5 Å². The van der Waals surface area contributed by atoms with Crippen LogP contribution in [0.5, 0.6) is 0 Å². The molecule has 1 atom stereocenters. The molecule has 1 unspecified atom stereocenters. The van der Waals surface area contributed by atoms with Crippen molar-refractivity contribution in [2.45, 2.75) is 12.3 Å². The Kier molecular flexibility index (Phi) is 3.25. The van der Waals surface area contributed by atoms with E-state index in [1.807, 2.05) is 18.2 Å². The first kappa shape index (κ1) is 14.0. The molecular formula is C17H16N4O. The van der Waals surface area contributed by atoms with Gasteiger partial charge in [0.2, 0.25) is 0 Å². The number of carbonyl (C=O) groups excluding carboxylic acids is 1. The van der Waals surface area contributed by atoms with Crippen molar-refractivity contribution in [3.05, 3.63) is 70.3 Å². The average Bonchev–Trinajstić information content (AvgIpc) is 2.84. The summed E-state index contributed by atoms with van der Waals surface area (Å²) in [5.41, 5.74) is 14.6. The molecule has 0 fully saturated rings. The van der Waals surface area contributed by atoms with Crippen molar-refractivity contribution in [2.75, 3.05) is 0 Å². The third-order valence-corrected chi connectivity index (χ3v) is 4.03. The molecule has 0 heterocycles. The summed E-state index contributed by atoms with van der Waals surface area (Å²) in [6, 6.07) is 12.6. The smallest absolute Gasteiger partial charge is 0.170 e. The van der Waals surface area contributed by atoms with E-state index < -0.39 is 0 Å². The number of nitrogens with two attached hydrogens (primary N) is 2. The predicted octanol–water partition coefficient (Wildman–Crippen LogP) is 1.78. The Morgan fingerprint density at radius 2 is 1.68 bits per heavy atom. The van der Waals surface area contributed by atoms with Crippen LogP contribution in [-0.2, 0) is 6.42 Å². The highest BCUT2D eigenvalue weighted by Crippen LogP contribution is 2.34. The van der Waals surface area contributed by atoms with Crippen molar-refractivity contribution in [2.24, 2.45) is 11.5 Å². The van der Waals surface area contributed by atoms with E-state index in [2.05, 4.69) is 0 Å². The molecule has 0 amide bonds. The largest absolute Gasteiger partial charge is 0.384 e.